The Bertz CT molecular complexity index is 947. The van der Waals surface area contributed by atoms with Crippen molar-refractivity contribution in [1.82, 2.24) is 25.3 Å². The average Bonchev–Trinajstić information content (AvgIpc) is 3.30. The number of hydrogen-bond acceptors (Lipinski definition) is 6. The first kappa shape index (κ1) is 16.3. The lowest BCUT2D eigenvalue weighted by molar-refractivity contribution is 0.216. The van der Waals surface area contributed by atoms with Gasteiger partial charge >= 0.3 is 0 Å². The van der Waals surface area contributed by atoms with Crippen molar-refractivity contribution < 1.29 is 5.11 Å². The number of aromatic hydroxyl groups is 1. The number of nitrogens with one attached hydrogen (secondary N) is 1. The third-order valence-corrected chi connectivity index (χ3v) is 5.76. The van der Waals surface area contributed by atoms with Crippen molar-refractivity contribution in [1.29, 1.82) is 0 Å². The van der Waals surface area contributed by atoms with Crippen LogP contribution in [0.2, 0.25) is 0 Å². The van der Waals surface area contributed by atoms with Gasteiger partial charge in [-0.2, -0.15) is 5.10 Å². The number of aromatic nitrogens is 4. The molecule has 5 rings (SSSR count). The highest BCUT2D eigenvalue weighted by Gasteiger charge is 2.47. The van der Waals surface area contributed by atoms with Crippen LogP contribution in [0.4, 0.5) is 5.82 Å². The maximum Gasteiger partial charge on any atom is 0.151 e. The van der Waals surface area contributed by atoms with Gasteiger partial charge in [-0.1, -0.05) is 6.07 Å². The molecule has 3 aromatic rings. The van der Waals surface area contributed by atoms with Gasteiger partial charge in [-0.25, -0.2) is 0 Å². The summed E-state index contributed by atoms with van der Waals surface area (Å²) in [6, 6.07) is 9.48. The Hall–Kier alpha value is -2.93. The highest BCUT2D eigenvalue weighted by Crippen LogP contribution is 2.41. The van der Waals surface area contributed by atoms with Crippen molar-refractivity contribution in [2.75, 3.05) is 38.1 Å². The Kier molecular flexibility index (Phi) is 3.65. The van der Waals surface area contributed by atoms with E-state index in [1.165, 1.54) is 19.5 Å². The topological polar surface area (TPSA) is 81.2 Å². The minimum Gasteiger partial charge on any atom is -0.507 e. The lowest BCUT2D eigenvalue weighted by atomic mass is 9.79. The fourth-order valence-corrected chi connectivity index (χ4v) is 4.32. The molecule has 27 heavy (non-hydrogen) atoms. The van der Waals surface area contributed by atoms with Crippen LogP contribution < -0.4 is 4.90 Å². The SMILES string of the molecule is CN1CCC2(C1)CN(c1ccc(-c3ccc(-c4cn[nH]c4)cc3O)nn1)C2. The number of hydrogen-bond donors (Lipinski definition) is 2. The van der Waals surface area contributed by atoms with Gasteiger partial charge in [-0.3, -0.25) is 5.10 Å². The van der Waals surface area contributed by atoms with E-state index in [0.717, 1.165) is 30.0 Å². The number of likely N-dealkylation sites (tertiary alicyclic amines) is 1. The van der Waals surface area contributed by atoms with Gasteiger partial charge in [-0.05, 0) is 49.8 Å². The minimum absolute atomic E-state index is 0.188. The molecule has 0 radical (unpaired) electrons. The number of rotatable bonds is 3. The summed E-state index contributed by atoms with van der Waals surface area (Å²) in [7, 11) is 2.19. The maximum absolute atomic E-state index is 10.4. The smallest absolute Gasteiger partial charge is 0.151 e. The van der Waals surface area contributed by atoms with Crippen LogP contribution in [-0.4, -0.2) is 63.6 Å². The van der Waals surface area contributed by atoms with E-state index in [1.54, 1.807) is 18.5 Å². The van der Waals surface area contributed by atoms with Crippen molar-refractivity contribution >= 4 is 5.82 Å². The number of aromatic amines is 1. The summed E-state index contributed by atoms with van der Waals surface area (Å²) in [5.74, 6) is 1.10. The molecular formula is C20H22N6O. The molecule has 0 unspecified atom stereocenters. The van der Waals surface area contributed by atoms with E-state index in [0.29, 0.717) is 16.7 Å². The van der Waals surface area contributed by atoms with E-state index in [2.05, 4.69) is 37.2 Å². The number of nitrogens with zero attached hydrogens (tertiary/aromatic N) is 5. The molecule has 0 saturated carbocycles. The van der Waals surface area contributed by atoms with Gasteiger partial charge in [0.25, 0.3) is 0 Å². The molecule has 2 aromatic heterocycles. The van der Waals surface area contributed by atoms with E-state index in [4.69, 9.17) is 0 Å². The number of phenolic OH excluding ortho intramolecular Hbond substituents is 1. The summed E-state index contributed by atoms with van der Waals surface area (Å²) < 4.78 is 0. The van der Waals surface area contributed by atoms with Gasteiger partial charge in [0, 0.05) is 42.4 Å². The average molecular weight is 362 g/mol. The molecule has 0 bridgehead atoms. The summed E-state index contributed by atoms with van der Waals surface area (Å²) in [5.41, 5.74) is 3.63. The van der Waals surface area contributed by atoms with Crippen LogP contribution in [0.25, 0.3) is 22.4 Å². The van der Waals surface area contributed by atoms with Gasteiger partial charge in [0.05, 0.1) is 11.9 Å². The van der Waals surface area contributed by atoms with Crippen molar-refractivity contribution in [3.63, 3.8) is 0 Å². The Morgan fingerprint density at radius 3 is 2.59 bits per heavy atom. The molecule has 2 aliphatic heterocycles. The van der Waals surface area contributed by atoms with E-state index in [9.17, 15) is 5.11 Å². The molecule has 4 heterocycles. The Labute approximate surface area is 157 Å². The minimum atomic E-state index is 0.188. The third-order valence-electron chi connectivity index (χ3n) is 5.76. The quantitative estimate of drug-likeness (QED) is 0.745. The van der Waals surface area contributed by atoms with Crippen LogP contribution in [0.5, 0.6) is 5.75 Å². The molecule has 0 aliphatic carbocycles. The first-order valence-electron chi connectivity index (χ1n) is 9.22. The van der Waals surface area contributed by atoms with Crippen LogP contribution in [0.3, 0.4) is 0 Å². The predicted octanol–water partition coefficient (Wildman–Crippen LogP) is 2.38. The van der Waals surface area contributed by atoms with Gasteiger partial charge in [0.1, 0.15) is 5.75 Å². The number of phenols is 1. The lowest BCUT2D eigenvalue weighted by Gasteiger charge is -2.48. The highest BCUT2D eigenvalue weighted by molar-refractivity contribution is 5.73. The fraction of sp³-hybridized carbons (Fsp3) is 0.350. The van der Waals surface area contributed by atoms with Crippen LogP contribution in [0.15, 0.2) is 42.7 Å². The Balaban J connectivity index is 1.32. The van der Waals surface area contributed by atoms with Crippen molar-refractivity contribution in [3.8, 4) is 28.1 Å². The molecule has 1 spiro atoms. The summed E-state index contributed by atoms with van der Waals surface area (Å²) in [6.07, 6.45) is 4.79. The van der Waals surface area contributed by atoms with Gasteiger partial charge in [0.2, 0.25) is 0 Å². The molecule has 2 aliphatic rings. The van der Waals surface area contributed by atoms with Gasteiger partial charge in [0.15, 0.2) is 5.82 Å². The second kappa shape index (κ2) is 6.06. The maximum atomic E-state index is 10.4. The van der Waals surface area contributed by atoms with E-state index < -0.39 is 0 Å². The van der Waals surface area contributed by atoms with Crippen LogP contribution in [0, 0.1) is 5.41 Å². The normalized spacial score (nSPS) is 18.8. The van der Waals surface area contributed by atoms with Crippen molar-refractivity contribution in [2.45, 2.75) is 6.42 Å². The standard InChI is InChI=1S/C20H22N6O/c1-25-7-6-20(11-25)12-26(13-20)19-5-4-17(23-24-19)16-3-2-14(8-18(16)27)15-9-21-22-10-15/h2-5,8-10,27H,6-7,11-13H2,1H3,(H,21,22). The molecule has 2 fully saturated rings. The highest BCUT2D eigenvalue weighted by atomic mass is 16.3. The number of benzene rings is 1. The number of anilines is 1. The largest absolute Gasteiger partial charge is 0.507 e. The molecule has 138 valence electrons. The molecule has 2 saturated heterocycles. The Morgan fingerprint density at radius 1 is 1.07 bits per heavy atom. The van der Waals surface area contributed by atoms with E-state index >= 15 is 0 Å². The van der Waals surface area contributed by atoms with Crippen LogP contribution >= 0.6 is 0 Å². The van der Waals surface area contributed by atoms with Gasteiger partial charge in [-0.15, -0.1) is 10.2 Å². The first-order valence-corrected chi connectivity index (χ1v) is 9.22. The lowest BCUT2D eigenvalue weighted by Crippen LogP contribution is -2.57. The summed E-state index contributed by atoms with van der Waals surface area (Å²) in [6.45, 7) is 4.46. The predicted molar refractivity (Wildman–Crippen MR) is 103 cm³/mol. The zero-order valence-electron chi connectivity index (χ0n) is 15.3. The Morgan fingerprint density at radius 2 is 1.96 bits per heavy atom. The second-order valence-electron chi connectivity index (χ2n) is 7.84. The number of H-pyrrole nitrogens is 1. The summed E-state index contributed by atoms with van der Waals surface area (Å²) in [5, 5.41) is 25.9. The van der Waals surface area contributed by atoms with E-state index in [-0.39, 0.29) is 5.75 Å². The molecule has 1 aromatic carbocycles. The van der Waals surface area contributed by atoms with Crippen LogP contribution in [0.1, 0.15) is 6.42 Å². The molecule has 0 amide bonds. The molecule has 7 nitrogen and oxygen atoms in total. The summed E-state index contributed by atoms with van der Waals surface area (Å²) in [4.78, 5) is 4.69. The molecule has 7 heteroatoms. The van der Waals surface area contributed by atoms with Crippen molar-refractivity contribution in [3.05, 3.63) is 42.7 Å². The van der Waals surface area contributed by atoms with Gasteiger partial charge < -0.3 is 14.9 Å². The molecular weight excluding hydrogens is 340 g/mol. The monoisotopic (exact) mass is 362 g/mol. The fourth-order valence-electron chi connectivity index (χ4n) is 4.32. The van der Waals surface area contributed by atoms with E-state index in [1.807, 2.05) is 24.3 Å². The second-order valence-corrected chi connectivity index (χ2v) is 7.84. The zero-order chi connectivity index (χ0) is 18.4. The summed E-state index contributed by atoms with van der Waals surface area (Å²) >= 11 is 0. The third kappa shape index (κ3) is 2.84. The van der Waals surface area contributed by atoms with Crippen molar-refractivity contribution in [2.24, 2.45) is 5.41 Å². The first-order chi connectivity index (χ1) is 13.1. The molecule has 2 N–H and O–H groups in total. The molecule has 0 atom stereocenters. The van der Waals surface area contributed by atoms with Crippen LogP contribution in [-0.2, 0) is 0 Å². The zero-order valence-corrected chi connectivity index (χ0v) is 15.3.